The zero-order valence-corrected chi connectivity index (χ0v) is 9.45. The summed E-state index contributed by atoms with van der Waals surface area (Å²) in [6.45, 7) is 0. The Morgan fingerprint density at radius 2 is 1.93 bits per heavy atom. The number of nitrogens with zero attached hydrogens (tertiary/aromatic N) is 3. The van der Waals surface area contributed by atoms with Crippen molar-refractivity contribution in [3.8, 4) is 0 Å². The van der Waals surface area contributed by atoms with Crippen molar-refractivity contribution in [1.82, 2.24) is 10.2 Å². The molecule has 0 aromatic heterocycles. The normalized spacial score (nSPS) is 24.1. The number of hydrogen-bond donors (Lipinski definition) is 2. The molecule has 5 nitrogen and oxygen atoms in total. The minimum atomic E-state index is -0.177. The van der Waals surface area contributed by atoms with Gasteiger partial charge < -0.3 is 16.0 Å². The van der Waals surface area contributed by atoms with Crippen molar-refractivity contribution < 1.29 is 0 Å². The molecule has 0 saturated heterocycles. The van der Waals surface area contributed by atoms with E-state index in [-0.39, 0.29) is 5.66 Å². The molecule has 84 valence electrons. The van der Waals surface area contributed by atoms with Crippen molar-refractivity contribution in [2.24, 2.45) is 15.7 Å². The van der Waals surface area contributed by atoms with E-state index in [1.807, 2.05) is 19.0 Å². The highest BCUT2D eigenvalue weighted by atomic mass is 15.4. The zero-order chi connectivity index (χ0) is 10.9. The second-order valence-electron chi connectivity index (χ2n) is 4.52. The molecule has 5 heteroatoms. The van der Waals surface area contributed by atoms with Crippen LogP contribution in [-0.4, -0.2) is 36.6 Å². The van der Waals surface area contributed by atoms with Crippen LogP contribution in [-0.2, 0) is 0 Å². The van der Waals surface area contributed by atoms with Gasteiger partial charge in [0, 0.05) is 14.1 Å². The van der Waals surface area contributed by atoms with E-state index in [0.717, 1.165) is 18.8 Å². The molecule has 0 atom stereocenters. The highest BCUT2D eigenvalue weighted by Crippen LogP contribution is 2.30. The Hall–Kier alpha value is -1.26. The minimum Gasteiger partial charge on any atom is -0.370 e. The van der Waals surface area contributed by atoms with Crippen LogP contribution in [0.2, 0.25) is 0 Å². The van der Waals surface area contributed by atoms with Gasteiger partial charge in [-0.1, -0.05) is 6.42 Å². The number of nitrogens with two attached hydrogens (primary N) is 1. The van der Waals surface area contributed by atoms with Crippen LogP contribution in [0.5, 0.6) is 0 Å². The Labute approximate surface area is 90.5 Å². The molecule has 1 fully saturated rings. The van der Waals surface area contributed by atoms with Crippen LogP contribution in [0, 0.1) is 0 Å². The highest BCUT2D eigenvalue weighted by Gasteiger charge is 2.35. The molecule has 1 heterocycles. The minimum absolute atomic E-state index is 0.177. The Balaban J connectivity index is 2.24. The van der Waals surface area contributed by atoms with Crippen molar-refractivity contribution in [2.75, 3.05) is 14.1 Å². The van der Waals surface area contributed by atoms with Gasteiger partial charge in [0.05, 0.1) is 0 Å². The summed E-state index contributed by atoms with van der Waals surface area (Å²) in [5.41, 5.74) is 5.62. The van der Waals surface area contributed by atoms with Gasteiger partial charge in [-0.05, 0) is 25.7 Å². The number of guanidine groups is 2. The molecule has 0 bridgehead atoms. The van der Waals surface area contributed by atoms with Gasteiger partial charge in [-0.2, -0.15) is 4.99 Å². The first-order valence-corrected chi connectivity index (χ1v) is 5.51. The van der Waals surface area contributed by atoms with Crippen molar-refractivity contribution in [1.29, 1.82) is 0 Å². The van der Waals surface area contributed by atoms with Gasteiger partial charge in [0.25, 0.3) is 0 Å². The molecular weight excluding hydrogens is 190 g/mol. The molecule has 2 rings (SSSR count). The topological polar surface area (TPSA) is 66.0 Å². The highest BCUT2D eigenvalue weighted by molar-refractivity contribution is 5.96. The Bertz CT molecular complexity index is 299. The summed E-state index contributed by atoms with van der Waals surface area (Å²) in [7, 11) is 3.88. The first kappa shape index (κ1) is 10.3. The van der Waals surface area contributed by atoms with E-state index in [2.05, 4.69) is 15.3 Å². The second-order valence-corrected chi connectivity index (χ2v) is 4.52. The molecule has 0 aromatic carbocycles. The first-order chi connectivity index (χ1) is 7.11. The Kier molecular flexibility index (Phi) is 2.54. The van der Waals surface area contributed by atoms with E-state index in [9.17, 15) is 0 Å². The van der Waals surface area contributed by atoms with E-state index in [1.54, 1.807) is 0 Å². The SMILES string of the molecule is CN(C)C1=NC2(CCCCC2)NC(N)=N1. The predicted octanol–water partition coefficient (Wildman–Crippen LogP) is 0.482. The quantitative estimate of drug-likeness (QED) is 0.610. The van der Waals surface area contributed by atoms with Gasteiger partial charge >= 0.3 is 0 Å². The maximum absolute atomic E-state index is 5.80. The molecule has 15 heavy (non-hydrogen) atoms. The second kappa shape index (κ2) is 3.72. The fourth-order valence-electron chi connectivity index (χ4n) is 2.19. The summed E-state index contributed by atoms with van der Waals surface area (Å²) < 4.78 is 0. The largest absolute Gasteiger partial charge is 0.370 e. The average Bonchev–Trinajstić information content (AvgIpc) is 2.17. The van der Waals surface area contributed by atoms with Crippen LogP contribution in [0.15, 0.2) is 9.98 Å². The molecule has 0 aromatic rings. The van der Waals surface area contributed by atoms with Gasteiger partial charge in [0.15, 0.2) is 5.96 Å². The lowest BCUT2D eigenvalue weighted by molar-refractivity contribution is 0.270. The van der Waals surface area contributed by atoms with E-state index in [1.165, 1.54) is 19.3 Å². The summed E-state index contributed by atoms with van der Waals surface area (Å²) in [6, 6.07) is 0. The standard InChI is InChI=1S/C10H19N5/c1-15(2)9-12-8(11)13-10(14-9)6-4-3-5-7-10/h3-7H2,1-2H3,(H3,11,12,13,14). The van der Waals surface area contributed by atoms with Crippen LogP contribution in [0.1, 0.15) is 32.1 Å². The van der Waals surface area contributed by atoms with Gasteiger partial charge in [0.2, 0.25) is 5.96 Å². The molecule has 1 spiro atoms. The lowest BCUT2D eigenvalue weighted by Gasteiger charge is -2.38. The fourth-order valence-corrected chi connectivity index (χ4v) is 2.19. The Morgan fingerprint density at radius 3 is 2.53 bits per heavy atom. The first-order valence-electron chi connectivity index (χ1n) is 5.51. The smallest absolute Gasteiger partial charge is 0.225 e. The van der Waals surface area contributed by atoms with Crippen molar-refractivity contribution >= 4 is 11.9 Å². The molecule has 1 aliphatic carbocycles. The molecule has 0 radical (unpaired) electrons. The lowest BCUT2D eigenvalue weighted by Crippen LogP contribution is -2.55. The van der Waals surface area contributed by atoms with Crippen LogP contribution >= 0.6 is 0 Å². The van der Waals surface area contributed by atoms with Gasteiger partial charge in [0.1, 0.15) is 5.66 Å². The fraction of sp³-hybridized carbons (Fsp3) is 0.800. The number of hydrogen-bond acceptors (Lipinski definition) is 5. The van der Waals surface area contributed by atoms with Gasteiger partial charge in [-0.15, -0.1) is 0 Å². The van der Waals surface area contributed by atoms with Crippen molar-refractivity contribution in [3.63, 3.8) is 0 Å². The van der Waals surface area contributed by atoms with E-state index in [4.69, 9.17) is 5.73 Å². The van der Waals surface area contributed by atoms with Gasteiger partial charge in [-0.3, -0.25) is 0 Å². The van der Waals surface area contributed by atoms with Crippen LogP contribution in [0.4, 0.5) is 0 Å². The molecule has 1 aliphatic heterocycles. The van der Waals surface area contributed by atoms with Gasteiger partial charge in [-0.25, -0.2) is 4.99 Å². The van der Waals surface area contributed by atoms with Crippen LogP contribution in [0.3, 0.4) is 0 Å². The number of rotatable bonds is 0. The third kappa shape index (κ3) is 2.06. The molecule has 3 N–H and O–H groups in total. The lowest BCUT2D eigenvalue weighted by atomic mass is 9.89. The third-order valence-electron chi connectivity index (χ3n) is 2.98. The summed E-state index contributed by atoms with van der Waals surface area (Å²) >= 11 is 0. The van der Waals surface area contributed by atoms with Crippen LogP contribution < -0.4 is 11.1 Å². The summed E-state index contributed by atoms with van der Waals surface area (Å²) in [5, 5.41) is 3.23. The third-order valence-corrected chi connectivity index (χ3v) is 2.98. The summed E-state index contributed by atoms with van der Waals surface area (Å²) in [5.74, 6) is 1.23. The van der Waals surface area contributed by atoms with E-state index in [0.29, 0.717) is 5.96 Å². The molecule has 0 unspecified atom stereocenters. The maximum atomic E-state index is 5.80. The summed E-state index contributed by atoms with van der Waals surface area (Å²) in [6.07, 6.45) is 5.84. The van der Waals surface area contributed by atoms with E-state index < -0.39 is 0 Å². The van der Waals surface area contributed by atoms with E-state index >= 15 is 0 Å². The number of nitrogens with one attached hydrogen (secondary N) is 1. The van der Waals surface area contributed by atoms with Crippen molar-refractivity contribution in [3.05, 3.63) is 0 Å². The molecular formula is C10H19N5. The molecule has 0 amide bonds. The van der Waals surface area contributed by atoms with Crippen molar-refractivity contribution in [2.45, 2.75) is 37.8 Å². The predicted molar refractivity (Wildman–Crippen MR) is 61.7 cm³/mol. The Morgan fingerprint density at radius 1 is 1.27 bits per heavy atom. The number of aliphatic imine (C=N–C) groups is 2. The molecule has 1 saturated carbocycles. The average molecular weight is 209 g/mol. The molecule has 2 aliphatic rings. The van der Waals surface area contributed by atoms with Crippen LogP contribution in [0.25, 0.3) is 0 Å². The summed E-state index contributed by atoms with van der Waals surface area (Å²) in [4.78, 5) is 10.8. The zero-order valence-electron chi connectivity index (χ0n) is 9.45. The monoisotopic (exact) mass is 209 g/mol. The maximum Gasteiger partial charge on any atom is 0.225 e.